The molecular weight excluding hydrogens is 334 g/mol. The first-order valence-corrected chi connectivity index (χ1v) is 7.86. The number of ether oxygens (including phenoxy) is 2. The van der Waals surface area contributed by atoms with Gasteiger partial charge in [-0.15, -0.1) is 0 Å². The predicted molar refractivity (Wildman–Crippen MR) is 96.6 cm³/mol. The van der Waals surface area contributed by atoms with Gasteiger partial charge < -0.3 is 19.8 Å². The van der Waals surface area contributed by atoms with Gasteiger partial charge in [0, 0.05) is 35.9 Å². The summed E-state index contributed by atoms with van der Waals surface area (Å²) in [5.74, 6) is 0.496. The number of carbonyl (C=O) groups excluding carboxylic acids is 1. The van der Waals surface area contributed by atoms with Crippen molar-refractivity contribution in [2.24, 2.45) is 0 Å². The number of nitrogens with zero attached hydrogens (tertiary/aromatic N) is 1. The number of benzene rings is 1. The number of nitrogens with one attached hydrogen (secondary N) is 2. The number of aromatic amines is 1. The smallest absolute Gasteiger partial charge is 0.261 e. The molecular formula is C19H17N3O4. The molecule has 26 heavy (non-hydrogen) atoms. The Labute approximate surface area is 149 Å². The molecule has 3 rings (SSSR count). The molecule has 0 fully saturated rings. The molecule has 7 heteroatoms. The number of pyridine rings is 2. The molecule has 0 aliphatic rings. The second-order valence-corrected chi connectivity index (χ2v) is 5.38. The normalized spacial score (nSPS) is 10.2. The predicted octanol–water partition coefficient (Wildman–Crippen LogP) is 2.61. The maximum Gasteiger partial charge on any atom is 0.261 e. The molecule has 2 aromatic heterocycles. The summed E-state index contributed by atoms with van der Waals surface area (Å²) < 4.78 is 11.1. The van der Waals surface area contributed by atoms with Crippen LogP contribution in [0.5, 0.6) is 11.5 Å². The summed E-state index contributed by atoms with van der Waals surface area (Å²) in [7, 11) is 1.54. The summed E-state index contributed by atoms with van der Waals surface area (Å²) >= 11 is 0. The minimum atomic E-state index is -0.504. The van der Waals surface area contributed by atoms with Crippen LogP contribution in [0, 0.1) is 0 Å². The molecule has 2 heterocycles. The van der Waals surface area contributed by atoms with Crippen molar-refractivity contribution in [2.75, 3.05) is 12.4 Å². The van der Waals surface area contributed by atoms with Gasteiger partial charge in [-0.1, -0.05) is 6.07 Å². The average Bonchev–Trinajstić information content (AvgIpc) is 2.67. The van der Waals surface area contributed by atoms with E-state index in [0.29, 0.717) is 23.8 Å². The average molecular weight is 351 g/mol. The first-order valence-electron chi connectivity index (χ1n) is 7.86. The van der Waals surface area contributed by atoms with Crippen LogP contribution in [0.1, 0.15) is 15.9 Å². The summed E-state index contributed by atoms with van der Waals surface area (Å²) in [4.78, 5) is 30.5. The lowest BCUT2D eigenvalue weighted by Crippen LogP contribution is -2.22. The summed E-state index contributed by atoms with van der Waals surface area (Å²) in [5.41, 5.74) is 0.966. The summed E-state index contributed by atoms with van der Waals surface area (Å²) in [6.07, 6.45) is 4.86. The van der Waals surface area contributed by atoms with Gasteiger partial charge in [0.25, 0.3) is 11.5 Å². The van der Waals surface area contributed by atoms with Crippen LogP contribution < -0.4 is 20.3 Å². The molecule has 0 atom stereocenters. The molecule has 3 aromatic rings. The Kier molecular flexibility index (Phi) is 5.28. The zero-order valence-electron chi connectivity index (χ0n) is 14.1. The van der Waals surface area contributed by atoms with E-state index in [-0.39, 0.29) is 5.56 Å². The Morgan fingerprint density at radius 2 is 2.08 bits per heavy atom. The zero-order chi connectivity index (χ0) is 18.4. The third kappa shape index (κ3) is 4.07. The van der Waals surface area contributed by atoms with Crippen LogP contribution in [0.25, 0.3) is 0 Å². The van der Waals surface area contributed by atoms with Crippen molar-refractivity contribution in [3.8, 4) is 11.5 Å². The van der Waals surface area contributed by atoms with E-state index in [1.54, 1.807) is 36.7 Å². The summed E-state index contributed by atoms with van der Waals surface area (Å²) in [6, 6.07) is 11.8. The molecule has 0 saturated carbocycles. The lowest BCUT2D eigenvalue weighted by molar-refractivity contribution is 0.102. The molecule has 0 unspecified atom stereocenters. The van der Waals surface area contributed by atoms with Crippen LogP contribution >= 0.6 is 0 Å². The number of carbonyl (C=O) groups is 1. The van der Waals surface area contributed by atoms with E-state index in [9.17, 15) is 9.59 Å². The van der Waals surface area contributed by atoms with Gasteiger partial charge in [0.1, 0.15) is 12.2 Å². The highest BCUT2D eigenvalue weighted by Crippen LogP contribution is 2.31. The van der Waals surface area contributed by atoms with E-state index in [1.165, 1.54) is 19.4 Å². The second kappa shape index (κ2) is 7.98. The number of aromatic nitrogens is 2. The van der Waals surface area contributed by atoms with Crippen molar-refractivity contribution >= 4 is 11.6 Å². The Balaban J connectivity index is 1.77. The lowest BCUT2D eigenvalue weighted by atomic mass is 10.2. The van der Waals surface area contributed by atoms with E-state index in [1.807, 2.05) is 12.1 Å². The van der Waals surface area contributed by atoms with Gasteiger partial charge in [-0.25, -0.2) is 0 Å². The highest BCUT2D eigenvalue weighted by molar-refractivity contribution is 6.04. The fraction of sp³-hybridized carbons (Fsp3) is 0.105. The van der Waals surface area contributed by atoms with Gasteiger partial charge in [0.05, 0.1) is 7.11 Å². The molecule has 0 radical (unpaired) electrons. The molecule has 0 saturated heterocycles. The van der Waals surface area contributed by atoms with E-state index in [0.717, 1.165) is 5.56 Å². The van der Waals surface area contributed by atoms with Crippen molar-refractivity contribution in [2.45, 2.75) is 6.61 Å². The van der Waals surface area contributed by atoms with Gasteiger partial charge in [-0.2, -0.15) is 0 Å². The fourth-order valence-electron chi connectivity index (χ4n) is 2.31. The molecule has 0 spiro atoms. The monoisotopic (exact) mass is 351 g/mol. The molecule has 7 nitrogen and oxygen atoms in total. The molecule has 132 valence electrons. The van der Waals surface area contributed by atoms with Gasteiger partial charge in [-0.05, 0) is 30.3 Å². The Hall–Kier alpha value is -3.61. The third-order valence-electron chi connectivity index (χ3n) is 3.60. The standard InChI is InChI=1S/C19H17N3O4/c1-25-16-7-6-14(22-19(24)15-5-3-9-21-18(15)23)10-17(16)26-12-13-4-2-8-20-11-13/h2-11H,12H2,1H3,(H,21,23)(H,22,24). The van der Waals surface area contributed by atoms with Crippen molar-refractivity contribution < 1.29 is 14.3 Å². The number of amides is 1. The van der Waals surface area contributed by atoms with Crippen LogP contribution in [0.2, 0.25) is 0 Å². The van der Waals surface area contributed by atoms with E-state index >= 15 is 0 Å². The van der Waals surface area contributed by atoms with Crippen molar-refractivity contribution in [3.63, 3.8) is 0 Å². The highest BCUT2D eigenvalue weighted by Gasteiger charge is 2.12. The maximum absolute atomic E-state index is 12.3. The molecule has 0 bridgehead atoms. The van der Waals surface area contributed by atoms with Gasteiger partial charge >= 0.3 is 0 Å². The highest BCUT2D eigenvalue weighted by atomic mass is 16.5. The number of hydrogen-bond donors (Lipinski definition) is 2. The second-order valence-electron chi connectivity index (χ2n) is 5.38. The number of anilines is 1. The molecule has 0 aliphatic heterocycles. The largest absolute Gasteiger partial charge is 0.493 e. The summed E-state index contributed by atoms with van der Waals surface area (Å²) in [5, 5.41) is 2.68. The van der Waals surface area contributed by atoms with Gasteiger partial charge in [0.2, 0.25) is 0 Å². The van der Waals surface area contributed by atoms with E-state index < -0.39 is 11.5 Å². The number of rotatable bonds is 6. The SMILES string of the molecule is COc1ccc(NC(=O)c2ccc[nH]c2=O)cc1OCc1cccnc1. The molecule has 1 amide bonds. The van der Waals surface area contributed by atoms with Gasteiger partial charge in [-0.3, -0.25) is 14.6 Å². The summed E-state index contributed by atoms with van der Waals surface area (Å²) in [6.45, 7) is 0.306. The van der Waals surface area contributed by atoms with Crippen LogP contribution in [0.4, 0.5) is 5.69 Å². The van der Waals surface area contributed by atoms with Crippen molar-refractivity contribution in [1.82, 2.24) is 9.97 Å². The number of methoxy groups -OCH3 is 1. The lowest BCUT2D eigenvalue weighted by Gasteiger charge is -2.13. The van der Waals surface area contributed by atoms with E-state index in [4.69, 9.17) is 9.47 Å². The topological polar surface area (TPSA) is 93.3 Å². The van der Waals surface area contributed by atoms with Crippen LogP contribution in [-0.2, 0) is 6.61 Å². The van der Waals surface area contributed by atoms with Crippen LogP contribution in [0.3, 0.4) is 0 Å². The third-order valence-corrected chi connectivity index (χ3v) is 3.60. The molecule has 2 N–H and O–H groups in total. The maximum atomic E-state index is 12.3. The van der Waals surface area contributed by atoms with E-state index in [2.05, 4.69) is 15.3 Å². The first kappa shape index (κ1) is 17.2. The Morgan fingerprint density at radius 1 is 1.19 bits per heavy atom. The molecule has 1 aromatic carbocycles. The van der Waals surface area contributed by atoms with Crippen molar-refractivity contribution in [1.29, 1.82) is 0 Å². The fourth-order valence-corrected chi connectivity index (χ4v) is 2.31. The minimum absolute atomic E-state index is 0.0288. The first-order chi connectivity index (χ1) is 12.7. The molecule has 0 aliphatic carbocycles. The zero-order valence-corrected chi connectivity index (χ0v) is 14.1. The number of hydrogen-bond acceptors (Lipinski definition) is 5. The van der Waals surface area contributed by atoms with Crippen molar-refractivity contribution in [3.05, 3.63) is 82.5 Å². The van der Waals surface area contributed by atoms with Gasteiger partial charge in [0.15, 0.2) is 11.5 Å². The minimum Gasteiger partial charge on any atom is -0.493 e. The van der Waals surface area contributed by atoms with Crippen LogP contribution in [-0.4, -0.2) is 23.0 Å². The quantitative estimate of drug-likeness (QED) is 0.712. The Morgan fingerprint density at radius 3 is 2.81 bits per heavy atom. The van der Waals surface area contributed by atoms with Crippen LogP contribution in [0.15, 0.2) is 65.8 Å². The Bertz CT molecular complexity index is 954. The number of H-pyrrole nitrogens is 1.